The summed E-state index contributed by atoms with van der Waals surface area (Å²) in [6.45, 7) is 5.67. The van der Waals surface area contributed by atoms with Crippen LogP contribution >= 0.6 is 0 Å². The number of pyridine rings is 1. The smallest absolute Gasteiger partial charge is 0.407 e. The third-order valence-electron chi connectivity index (χ3n) is 4.90. The number of benzene rings is 1. The van der Waals surface area contributed by atoms with E-state index in [-0.39, 0.29) is 16.3 Å². The van der Waals surface area contributed by atoms with E-state index in [0.717, 1.165) is 0 Å². The molecule has 160 valence electrons. The van der Waals surface area contributed by atoms with Gasteiger partial charge in [0, 0.05) is 29.9 Å². The number of sulfone groups is 1. The lowest BCUT2D eigenvalue weighted by atomic mass is 10.1. The summed E-state index contributed by atoms with van der Waals surface area (Å²) in [5, 5.41) is 10.0. The first-order chi connectivity index (χ1) is 14.1. The van der Waals surface area contributed by atoms with Gasteiger partial charge in [-0.25, -0.2) is 18.2 Å². The molecule has 0 saturated heterocycles. The van der Waals surface area contributed by atoms with Crippen LogP contribution in [0.15, 0.2) is 52.5 Å². The van der Waals surface area contributed by atoms with Gasteiger partial charge in [-0.05, 0) is 57.0 Å². The van der Waals surface area contributed by atoms with Gasteiger partial charge in [-0.3, -0.25) is 0 Å². The van der Waals surface area contributed by atoms with Crippen LogP contribution in [-0.4, -0.2) is 53.7 Å². The first-order valence-corrected chi connectivity index (χ1v) is 10.9. The van der Waals surface area contributed by atoms with Crippen molar-refractivity contribution >= 4 is 27.0 Å². The molecule has 3 aromatic rings. The first kappa shape index (κ1) is 21.6. The molecule has 0 spiro atoms. The van der Waals surface area contributed by atoms with Crippen LogP contribution in [0.5, 0.6) is 5.75 Å². The highest BCUT2D eigenvalue weighted by atomic mass is 32.2. The minimum atomic E-state index is -3.84. The van der Waals surface area contributed by atoms with E-state index in [0.29, 0.717) is 28.8 Å². The van der Waals surface area contributed by atoms with E-state index in [1.807, 2.05) is 20.8 Å². The van der Waals surface area contributed by atoms with Gasteiger partial charge in [0.15, 0.2) is 0 Å². The molecule has 8 nitrogen and oxygen atoms in total. The molecule has 1 aromatic carbocycles. The number of aromatic amines is 1. The molecule has 2 aromatic heterocycles. The zero-order valence-electron chi connectivity index (χ0n) is 17.3. The molecule has 0 fully saturated rings. The van der Waals surface area contributed by atoms with Crippen LogP contribution in [0.4, 0.5) is 4.79 Å². The second kappa shape index (κ2) is 7.98. The molecule has 0 atom stereocenters. The van der Waals surface area contributed by atoms with E-state index < -0.39 is 21.5 Å². The summed E-state index contributed by atoms with van der Waals surface area (Å²) >= 11 is 0. The predicted octanol–water partition coefficient (Wildman–Crippen LogP) is 3.73. The third kappa shape index (κ3) is 4.11. The first-order valence-electron chi connectivity index (χ1n) is 9.40. The van der Waals surface area contributed by atoms with Gasteiger partial charge in [0.25, 0.3) is 0 Å². The lowest BCUT2D eigenvalue weighted by molar-refractivity contribution is 0.101. The highest BCUT2D eigenvalue weighted by Gasteiger charge is 2.27. The molecule has 0 radical (unpaired) electrons. The molecule has 1 amide bonds. The highest BCUT2D eigenvalue weighted by Crippen LogP contribution is 2.31. The number of hydrogen-bond donors (Lipinski definition) is 2. The molecular formula is C21H25N3O5S. The van der Waals surface area contributed by atoms with Crippen LogP contribution in [0.2, 0.25) is 0 Å². The topological polar surface area (TPSA) is 113 Å². The fourth-order valence-electron chi connectivity index (χ4n) is 3.36. The molecular weight excluding hydrogens is 406 g/mol. The van der Waals surface area contributed by atoms with Crippen LogP contribution < -0.4 is 4.74 Å². The summed E-state index contributed by atoms with van der Waals surface area (Å²) in [5.41, 5.74) is 0.549. The fraction of sp³-hybridized carbons (Fsp3) is 0.333. The van der Waals surface area contributed by atoms with Gasteiger partial charge in [-0.1, -0.05) is 6.07 Å². The van der Waals surface area contributed by atoms with E-state index >= 15 is 0 Å². The van der Waals surface area contributed by atoms with Crippen LogP contribution in [-0.2, 0) is 16.3 Å². The summed E-state index contributed by atoms with van der Waals surface area (Å²) in [6.07, 6.45) is 2.44. The van der Waals surface area contributed by atoms with E-state index in [2.05, 4.69) is 9.97 Å². The van der Waals surface area contributed by atoms with Crippen molar-refractivity contribution in [2.75, 3.05) is 13.7 Å². The van der Waals surface area contributed by atoms with Crippen molar-refractivity contribution in [2.45, 2.75) is 42.5 Å². The Morgan fingerprint density at radius 1 is 1.27 bits per heavy atom. The molecule has 2 heterocycles. The average Bonchev–Trinajstić information content (AvgIpc) is 3.10. The van der Waals surface area contributed by atoms with Crippen molar-refractivity contribution in [3.05, 3.63) is 48.3 Å². The predicted molar refractivity (Wildman–Crippen MR) is 113 cm³/mol. The van der Waals surface area contributed by atoms with Crippen LogP contribution in [0.25, 0.3) is 11.0 Å². The molecule has 0 bridgehead atoms. The van der Waals surface area contributed by atoms with Crippen molar-refractivity contribution in [1.82, 2.24) is 14.9 Å². The van der Waals surface area contributed by atoms with E-state index in [9.17, 15) is 18.3 Å². The minimum absolute atomic E-state index is 0.114. The zero-order valence-corrected chi connectivity index (χ0v) is 18.2. The number of amides is 1. The van der Waals surface area contributed by atoms with E-state index in [1.165, 1.54) is 36.4 Å². The summed E-state index contributed by atoms with van der Waals surface area (Å²) in [7, 11) is -2.37. The second-order valence-corrected chi connectivity index (χ2v) is 9.80. The van der Waals surface area contributed by atoms with Gasteiger partial charge < -0.3 is 19.7 Å². The largest absolute Gasteiger partial charge is 0.497 e. The Morgan fingerprint density at radius 3 is 2.63 bits per heavy atom. The monoisotopic (exact) mass is 431 g/mol. The van der Waals surface area contributed by atoms with E-state index in [1.54, 1.807) is 18.3 Å². The quantitative estimate of drug-likeness (QED) is 0.615. The number of carbonyl (C=O) groups is 1. The van der Waals surface area contributed by atoms with E-state index in [4.69, 9.17) is 4.74 Å². The lowest BCUT2D eigenvalue weighted by Crippen LogP contribution is -2.45. The van der Waals surface area contributed by atoms with Crippen molar-refractivity contribution in [1.29, 1.82) is 0 Å². The summed E-state index contributed by atoms with van der Waals surface area (Å²) in [4.78, 5) is 20.4. The number of hydrogen-bond acceptors (Lipinski definition) is 5. The maximum absolute atomic E-state index is 13.4. The maximum Gasteiger partial charge on any atom is 0.407 e. The normalized spacial score (nSPS) is 12.1. The molecule has 2 N–H and O–H groups in total. The zero-order chi connectivity index (χ0) is 22.1. The van der Waals surface area contributed by atoms with Crippen LogP contribution in [0.3, 0.4) is 0 Å². The Labute approximate surface area is 175 Å². The van der Waals surface area contributed by atoms with Gasteiger partial charge in [-0.15, -0.1) is 0 Å². The van der Waals surface area contributed by atoms with Gasteiger partial charge in [0.1, 0.15) is 11.4 Å². The van der Waals surface area contributed by atoms with Crippen molar-refractivity contribution in [2.24, 2.45) is 0 Å². The van der Waals surface area contributed by atoms with Gasteiger partial charge >= 0.3 is 6.09 Å². The lowest BCUT2D eigenvalue weighted by Gasteiger charge is -2.33. The Morgan fingerprint density at radius 2 is 2.00 bits per heavy atom. The highest BCUT2D eigenvalue weighted by molar-refractivity contribution is 7.91. The number of nitrogens with one attached hydrogen (secondary N) is 1. The molecule has 0 unspecified atom stereocenters. The van der Waals surface area contributed by atoms with Crippen LogP contribution in [0.1, 0.15) is 26.3 Å². The minimum Gasteiger partial charge on any atom is -0.497 e. The summed E-state index contributed by atoms with van der Waals surface area (Å²) in [6, 6.07) is 7.75. The molecule has 0 aliphatic carbocycles. The van der Waals surface area contributed by atoms with Crippen molar-refractivity contribution in [3.63, 3.8) is 0 Å². The number of rotatable bonds is 6. The molecule has 0 saturated carbocycles. The number of nitrogens with zero attached hydrogens (tertiary/aromatic N) is 2. The van der Waals surface area contributed by atoms with Gasteiger partial charge in [0.2, 0.25) is 9.84 Å². The van der Waals surface area contributed by atoms with Gasteiger partial charge in [-0.2, -0.15) is 0 Å². The maximum atomic E-state index is 13.4. The molecule has 0 aliphatic heterocycles. The fourth-order valence-corrected chi connectivity index (χ4v) is 4.88. The Balaban J connectivity index is 2.05. The number of methoxy groups -OCH3 is 1. The Bertz CT molecular complexity index is 1180. The van der Waals surface area contributed by atoms with Crippen molar-refractivity contribution < 1.29 is 23.1 Å². The van der Waals surface area contributed by atoms with Gasteiger partial charge in [0.05, 0.1) is 16.9 Å². The summed E-state index contributed by atoms with van der Waals surface area (Å²) in [5.74, 6) is 0.443. The molecule has 0 aliphatic rings. The number of ether oxygens (including phenoxy) is 1. The molecule has 3 rings (SSSR count). The average molecular weight is 432 g/mol. The number of H-pyrrole nitrogens is 1. The second-order valence-electron chi connectivity index (χ2n) is 7.88. The number of fused-ring (bicyclic) bond motifs is 1. The Hall–Kier alpha value is -3.07. The molecule has 9 heteroatoms. The van der Waals surface area contributed by atoms with Crippen molar-refractivity contribution in [3.8, 4) is 5.75 Å². The molecule has 30 heavy (non-hydrogen) atoms. The Kier molecular flexibility index (Phi) is 5.76. The number of aromatic nitrogens is 2. The standard InChI is InChI=1S/C21H25N3O5S/c1-21(2,3)24(20(25)26)11-9-14-13-23-19-18(14)17(8-10-22-19)30(27,28)16-7-5-6-15(12-16)29-4/h5-8,10,12-13H,9,11H2,1-4H3,(H,22,23)(H,25,26). The summed E-state index contributed by atoms with van der Waals surface area (Å²) < 4.78 is 31.9. The SMILES string of the molecule is COc1cccc(S(=O)(=O)c2ccnc3[nH]cc(CCN(C(=O)O)C(C)(C)C)c23)c1. The third-order valence-corrected chi connectivity index (χ3v) is 6.70. The number of carboxylic acid groups (broad SMARTS) is 1. The van der Waals surface area contributed by atoms with Crippen LogP contribution in [0, 0.1) is 0 Å².